The Bertz CT molecular complexity index is 1320. The van der Waals surface area contributed by atoms with Crippen LogP contribution >= 0.6 is 0 Å². The van der Waals surface area contributed by atoms with E-state index in [1.165, 1.54) is 0 Å². The number of hydrogen-bond acceptors (Lipinski definition) is 2. The monoisotopic (exact) mass is 334 g/mol. The fraction of sp³-hybridized carbons (Fsp3) is 0. The van der Waals surface area contributed by atoms with Crippen molar-refractivity contribution in [3.8, 4) is 11.1 Å². The van der Waals surface area contributed by atoms with Crippen LogP contribution in [-0.4, -0.2) is 0 Å². The number of fused-ring (bicyclic) bond motifs is 6. The molecule has 0 aliphatic carbocycles. The van der Waals surface area contributed by atoms with Gasteiger partial charge in [-0.3, -0.25) is 0 Å². The highest BCUT2D eigenvalue weighted by molar-refractivity contribution is 6.14. The number of rotatable bonds is 1. The lowest BCUT2D eigenvalue weighted by molar-refractivity contribution is 0.665. The summed E-state index contributed by atoms with van der Waals surface area (Å²) in [7, 11) is 0. The summed E-state index contributed by atoms with van der Waals surface area (Å²) in [5, 5.41) is 4.54. The van der Waals surface area contributed by atoms with Crippen LogP contribution in [0.25, 0.3) is 55.0 Å². The van der Waals surface area contributed by atoms with E-state index in [0.717, 1.165) is 55.0 Å². The Hall–Kier alpha value is -3.52. The van der Waals surface area contributed by atoms with Gasteiger partial charge in [-0.1, -0.05) is 72.8 Å². The SMILES string of the molecule is c1ccc2c(c1)oc1c(-c3cccc4c3oc3ccccc34)cccc12. The second kappa shape index (κ2) is 4.99. The van der Waals surface area contributed by atoms with Crippen molar-refractivity contribution in [2.45, 2.75) is 0 Å². The van der Waals surface area contributed by atoms with Crippen molar-refractivity contribution in [3.63, 3.8) is 0 Å². The summed E-state index contributed by atoms with van der Waals surface area (Å²) in [5.74, 6) is 0. The van der Waals surface area contributed by atoms with Gasteiger partial charge in [-0.15, -0.1) is 0 Å². The Labute approximate surface area is 149 Å². The standard InChI is InChI=1S/C24H14O2/c1-3-13-21-15(7-1)17-9-5-11-19(23(17)25-21)20-12-6-10-18-16-8-2-4-14-22(16)26-24(18)20/h1-14H. The van der Waals surface area contributed by atoms with Crippen LogP contribution in [0, 0.1) is 0 Å². The van der Waals surface area contributed by atoms with Gasteiger partial charge in [0.1, 0.15) is 22.3 Å². The Balaban J connectivity index is 1.76. The van der Waals surface area contributed by atoms with Crippen molar-refractivity contribution in [2.75, 3.05) is 0 Å². The summed E-state index contributed by atoms with van der Waals surface area (Å²) in [4.78, 5) is 0. The first-order chi connectivity index (χ1) is 12.9. The van der Waals surface area contributed by atoms with Gasteiger partial charge in [0.2, 0.25) is 0 Å². The highest BCUT2D eigenvalue weighted by Gasteiger charge is 2.16. The lowest BCUT2D eigenvalue weighted by Gasteiger charge is -2.03. The smallest absolute Gasteiger partial charge is 0.143 e. The molecule has 0 fully saturated rings. The van der Waals surface area contributed by atoms with Crippen molar-refractivity contribution >= 4 is 43.9 Å². The molecular formula is C24H14O2. The minimum Gasteiger partial charge on any atom is -0.455 e. The average Bonchev–Trinajstić information content (AvgIpc) is 3.26. The number of furan rings is 2. The van der Waals surface area contributed by atoms with Crippen molar-refractivity contribution in [1.82, 2.24) is 0 Å². The fourth-order valence-corrected chi connectivity index (χ4v) is 3.92. The molecule has 0 aliphatic rings. The van der Waals surface area contributed by atoms with E-state index in [4.69, 9.17) is 8.83 Å². The molecule has 0 saturated carbocycles. The normalized spacial score (nSPS) is 11.8. The molecule has 0 saturated heterocycles. The van der Waals surface area contributed by atoms with E-state index in [0.29, 0.717) is 0 Å². The fourth-order valence-electron chi connectivity index (χ4n) is 3.92. The van der Waals surface area contributed by atoms with Crippen molar-refractivity contribution in [2.24, 2.45) is 0 Å². The van der Waals surface area contributed by atoms with Gasteiger partial charge in [0.05, 0.1) is 0 Å². The highest BCUT2D eigenvalue weighted by atomic mass is 16.3. The first kappa shape index (κ1) is 13.7. The van der Waals surface area contributed by atoms with Crippen molar-refractivity contribution in [1.29, 1.82) is 0 Å². The predicted octanol–water partition coefficient (Wildman–Crippen LogP) is 7.15. The number of hydrogen-bond donors (Lipinski definition) is 0. The Morgan fingerprint density at radius 1 is 0.385 bits per heavy atom. The molecule has 0 aliphatic heterocycles. The van der Waals surface area contributed by atoms with E-state index in [-0.39, 0.29) is 0 Å². The quantitative estimate of drug-likeness (QED) is 0.319. The third-order valence-corrected chi connectivity index (χ3v) is 5.10. The van der Waals surface area contributed by atoms with Crippen molar-refractivity contribution < 1.29 is 8.83 Å². The molecular weight excluding hydrogens is 320 g/mol. The molecule has 0 N–H and O–H groups in total. The van der Waals surface area contributed by atoms with Gasteiger partial charge in [-0.2, -0.15) is 0 Å². The van der Waals surface area contributed by atoms with Crippen LogP contribution in [0.2, 0.25) is 0 Å². The Morgan fingerprint density at radius 2 is 0.808 bits per heavy atom. The van der Waals surface area contributed by atoms with Gasteiger partial charge >= 0.3 is 0 Å². The summed E-state index contributed by atoms with van der Waals surface area (Å²) < 4.78 is 12.4. The average molecular weight is 334 g/mol. The summed E-state index contributed by atoms with van der Waals surface area (Å²) in [6.45, 7) is 0. The van der Waals surface area contributed by atoms with Gasteiger partial charge in [0.15, 0.2) is 0 Å². The maximum Gasteiger partial charge on any atom is 0.143 e. The molecule has 2 nitrogen and oxygen atoms in total. The molecule has 0 radical (unpaired) electrons. The molecule has 2 heterocycles. The lowest BCUT2D eigenvalue weighted by Crippen LogP contribution is -1.80. The zero-order valence-corrected chi connectivity index (χ0v) is 13.9. The molecule has 6 rings (SSSR count). The third-order valence-electron chi connectivity index (χ3n) is 5.10. The van der Waals surface area contributed by atoms with Gasteiger partial charge in [0.25, 0.3) is 0 Å². The Morgan fingerprint density at radius 3 is 1.31 bits per heavy atom. The lowest BCUT2D eigenvalue weighted by atomic mass is 10.00. The minimum absolute atomic E-state index is 0.904. The van der Waals surface area contributed by atoms with Crippen LogP contribution in [0.15, 0.2) is 93.8 Å². The third kappa shape index (κ3) is 1.76. The molecule has 2 aromatic heterocycles. The minimum atomic E-state index is 0.904. The van der Waals surface area contributed by atoms with Gasteiger partial charge in [-0.25, -0.2) is 0 Å². The summed E-state index contributed by atoms with van der Waals surface area (Å²) in [5.41, 5.74) is 5.74. The van der Waals surface area contributed by atoms with Gasteiger partial charge < -0.3 is 8.83 Å². The molecule has 0 amide bonds. The van der Waals surface area contributed by atoms with Crippen LogP contribution in [0.5, 0.6) is 0 Å². The van der Waals surface area contributed by atoms with Gasteiger partial charge in [0, 0.05) is 32.7 Å². The Kier molecular flexibility index (Phi) is 2.64. The maximum absolute atomic E-state index is 6.22. The summed E-state index contributed by atoms with van der Waals surface area (Å²) in [6, 6.07) is 28.9. The second-order valence-electron chi connectivity index (χ2n) is 6.56. The van der Waals surface area contributed by atoms with E-state index < -0.39 is 0 Å². The van der Waals surface area contributed by atoms with E-state index in [9.17, 15) is 0 Å². The number of para-hydroxylation sites is 4. The van der Waals surface area contributed by atoms with Crippen LogP contribution in [0.1, 0.15) is 0 Å². The molecule has 0 bridgehead atoms. The van der Waals surface area contributed by atoms with Crippen LogP contribution in [0.3, 0.4) is 0 Å². The zero-order valence-electron chi connectivity index (χ0n) is 13.9. The van der Waals surface area contributed by atoms with Crippen LogP contribution in [0.4, 0.5) is 0 Å². The number of benzene rings is 4. The predicted molar refractivity (Wildman–Crippen MR) is 106 cm³/mol. The van der Waals surface area contributed by atoms with E-state index in [1.807, 2.05) is 36.4 Å². The maximum atomic E-state index is 6.22. The molecule has 2 heteroatoms. The molecule has 6 aromatic rings. The largest absolute Gasteiger partial charge is 0.455 e. The van der Waals surface area contributed by atoms with Crippen molar-refractivity contribution in [3.05, 3.63) is 84.9 Å². The van der Waals surface area contributed by atoms with Gasteiger partial charge in [-0.05, 0) is 12.1 Å². The van der Waals surface area contributed by atoms with E-state index in [2.05, 4.69) is 48.5 Å². The van der Waals surface area contributed by atoms with Crippen LogP contribution in [-0.2, 0) is 0 Å². The van der Waals surface area contributed by atoms with Crippen LogP contribution < -0.4 is 0 Å². The topological polar surface area (TPSA) is 26.3 Å². The first-order valence-electron chi connectivity index (χ1n) is 8.71. The highest BCUT2D eigenvalue weighted by Crippen LogP contribution is 2.40. The van der Waals surface area contributed by atoms with E-state index in [1.54, 1.807) is 0 Å². The molecule has 4 aromatic carbocycles. The van der Waals surface area contributed by atoms with E-state index >= 15 is 0 Å². The summed E-state index contributed by atoms with van der Waals surface area (Å²) >= 11 is 0. The molecule has 122 valence electrons. The molecule has 0 atom stereocenters. The summed E-state index contributed by atoms with van der Waals surface area (Å²) in [6.07, 6.45) is 0. The molecule has 26 heavy (non-hydrogen) atoms. The second-order valence-corrected chi connectivity index (χ2v) is 6.56. The molecule has 0 spiro atoms. The molecule has 0 unspecified atom stereocenters. The zero-order chi connectivity index (χ0) is 17.1. The first-order valence-corrected chi connectivity index (χ1v) is 8.71.